The number of aromatic nitrogens is 2. The summed E-state index contributed by atoms with van der Waals surface area (Å²) in [6.45, 7) is 3.48. The van der Waals surface area contributed by atoms with Crippen molar-refractivity contribution in [2.24, 2.45) is 7.05 Å². The Hall–Kier alpha value is -0.910. The molecule has 0 bridgehead atoms. The van der Waals surface area contributed by atoms with Gasteiger partial charge in [-0.05, 0) is 24.6 Å². The van der Waals surface area contributed by atoms with Crippen LogP contribution in [0.2, 0.25) is 0 Å². The second-order valence-electron chi connectivity index (χ2n) is 3.71. The number of thiophene rings is 1. The van der Waals surface area contributed by atoms with Gasteiger partial charge in [0.2, 0.25) is 0 Å². The molecule has 2 aromatic heterocycles. The molecule has 0 atom stereocenters. The summed E-state index contributed by atoms with van der Waals surface area (Å²) in [5.41, 5.74) is 2.34. The highest BCUT2D eigenvalue weighted by atomic mass is 35.5. The Kier molecular flexibility index (Phi) is 5.11. The van der Waals surface area contributed by atoms with E-state index in [0.29, 0.717) is 6.54 Å². The van der Waals surface area contributed by atoms with E-state index in [0.717, 1.165) is 17.1 Å². The largest absolute Gasteiger partial charge is 0.306 e. The highest BCUT2D eigenvalue weighted by Crippen LogP contribution is 2.14. The first-order valence-corrected chi connectivity index (χ1v) is 5.91. The Morgan fingerprint density at radius 2 is 2.18 bits per heavy atom. The zero-order valence-corrected chi connectivity index (χ0v) is 11.4. The van der Waals surface area contributed by atoms with E-state index in [1.165, 1.54) is 23.0 Å². The number of halogens is 2. The van der Waals surface area contributed by atoms with Gasteiger partial charge >= 0.3 is 0 Å². The summed E-state index contributed by atoms with van der Waals surface area (Å²) in [5, 5.41) is 7.32. The lowest BCUT2D eigenvalue weighted by Crippen LogP contribution is -2.15. The first-order valence-electron chi connectivity index (χ1n) is 5.09. The van der Waals surface area contributed by atoms with Crippen LogP contribution < -0.4 is 5.32 Å². The molecule has 0 saturated heterocycles. The van der Waals surface area contributed by atoms with Crippen LogP contribution >= 0.6 is 23.7 Å². The minimum atomic E-state index is -0.131. The minimum Gasteiger partial charge on any atom is -0.306 e. The lowest BCUT2D eigenvalue weighted by atomic mass is 10.3. The zero-order chi connectivity index (χ0) is 11.5. The Morgan fingerprint density at radius 3 is 2.71 bits per heavy atom. The van der Waals surface area contributed by atoms with Gasteiger partial charge in [-0.15, -0.1) is 23.7 Å². The average molecular weight is 276 g/mol. The molecule has 0 aliphatic carbocycles. The first kappa shape index (κ1) is 14.2. The Morgan fingerprint density at radius 1 is 1.41 bits per heavy atom. The molecule has 3 nitrogen and oxygen atoms in total. The van der Waals surface area contributed by atoms with Crippen molar-refractivity contribution in [3.8, 4) is 0 Å². The number of rotatable bonds is 4. The maximum Gasteiger partial charge on any atom is 0.176 e. The van der Waals surface area contributed by atoms with Crippen LogP contribution in [0.1, 0.15) is 16.1 Å². The van der Waals surface area contributed by atoms with Crippen molar-refractivity contribution in [2.45, 2.75) is 20.0 Å². The third kappa shape index (κ3) is 3.52. The maximum atomic E-state index is 12.7. The SMILES string of the molecule is Cc1cnn(C)c1CNCc1ccc(F)s1.Cl. The van der Waals surface area contributed by atoms with E-state index < -0.39 is 0 Å². The highest BCUT2D eigenvalue weighted by molar-refractivity contribution is 7.10. The van der Waals surface area contributed by atoms with E-state index in [1.54, 1.807) is 0 Å². The summed E-state index contributed by atoms with van der Waals surface area (Å²) in [4.78, 5) is 1.01. The van der Waals surface area contributed by atoms with Gasteiger partial charge in [0.15, 0.2) is 5.13 Å². The van der Waals surface area contributed by atoms with Crippen LogP contribution in [0.15, 0.2) is 18.3 Å². The third-order valence-corrected chi connectivity index (χ3v) is 3.36. The van der Waals surface area contributed by atoms with Crippen LogP contribution in [-0.2, 0) is 20.1 Å². The van der Waals surface area contributed by atoms with E-state index in [1.807, 2.05) is 30.9 Å². The molecule has 0 spiro atoms. The Balaban J connectivity index is 0.00000144. The summed E-state index contributed by atoms with van der Waals surface area (Å²) in [5.74, 6) is 0. The number of hydrogen-bond donors (Lipinski definition) is 1. The molecule has 2 aromatic rings. The standard InChI is InChI=1S/C11H14FN3S.ClH/c1-8-5-14-15(2)10(8)7-13-6-9-3-4-11(12)16-9;/h3-5,13H,6-7H2,1-2H3;1H. The molecule has 2 heterocycles. The van der Waals surface area contributed by atoms with Gasteiger partial charge in [-0.3, -0.25) is 4.68 Å². The van der Waals surface area contributed by atoms with E-state index >= 15 is 0 Å². The molecule has 2 rings (SSSR count). The number of nitrogens with one attached hydrogen (secondary N) is 1. The molecule has 0 radical (unpaired) electrons. The first-order chi connectivity index (χ1) is 7.66. The minimum absolute atomic E-state index is 0. The molecule has 6 heteroatoms. The molecule has 0 aliphatic rings. The summed E-state index contributed by atoms with van der Waals surface area (Å²) < 4.78 is 14.6. The van der Waals surface area contributed by atoms with Crippen molar-refractivity contribution >= 4 is 23.7 Å². The van der Waals surface area contributed by atoms with Gasteiger partial charge < -0.3 is 5.32 Å². The fourth-order valence-corrected chi connectivity index (χ4v) is 2.27. The van der Waals surface area contributed by atoms with E-state index in [2.05, 4.69) is 10.4 Å². The predicted molar refractivity (Wildman–Crippen MR) is 70.0 cm³/mol. The van der Waals surface area contributed by atoms with E-state index in [-0.39, 0.29) is 17.5 Å². The Labute approximate surface area is 110 Å². The van der Waals surface area contributed by atoms with Crippen molar-refractivity contribution in [3.63, 3.8) is 0 Å². The summed E-state index contributed by atoms with van der Waals surface area (Å²) in [6, 6.07) is 3.31. The zero-order valence-electron chi connectivity index (χ0n) is 9.74. The van der Waals surface area contributed by atoms with Crippen molar-refractivity contribution in [1.82, 2.24) is 15.1 Å². The molecule has 0 fully saturated rings. The van der Waals surface area contributed by atoms with Crippen molar-refractivity contribution < 1.29 is 4.39 Å². The smallest absolute Gasteiger partial charge is 0.176 e. The van der Waals surface area contributed by atoms with Gasteiger partial charge in [-0.25, -0.2) is 0 Å². The van der Waals surface area contributed by atoms with E-state index in [4.69, 9.17) is 0 Å². The van der Waals surface area contributed by atoms with E-state index in [9.17, 15) is 4.39 Å². The molecule has 0 amide bonds. The molecule has 0 aromatic carbocycles. The fraction of sp³-hybridized carbons (Fsp3) is 0.364. The molecule has 0 saturated carbocycles. The number of aryl methyl sites for hydroxylation is 2. The van der Waals surface area contributed by atoms with Gasteiger partial charge in [-0.2, -0.15) is 9.49 Å². The molecular weight excluding hydrogens is 261 g/mol. The summed E-state index contributed by atoms with van der Waals surface area (Å²) in [7, 11) is 1.93. The van der Waals surface area contributed by atoms with Gasteiger partial charge in [0, 0.05) is 25.0 Å². The van der Waals surface area contributed by atoms with Crippen LogP contribution in [-0.4, -0.2) is 9.78 Å². The second kappa shape index (κ2) is 6.14. The van der Waals surface area contributed by atoms with Crippen LogP contribution in [0.5, 0.6) is 0 Å². The van der Waals surface area contributed by atoms with Crippen LogP contribution in [0.4, 0.5) is 4.39 Å². The van der Waals surface area contributed by atoms with Crippen molar-refractivity contribution in [2.75, 3.05) is 0 Å². The lowest BCUT2D eigenvalue weighted by molar-refractivity contribution is 0.627. The topological polar surface area (TPSA) is 29.9 Å². The molecule has 17 heavy (non-hydrogen) atoms. The summed E-state index contributed by atoms with van der Waals surface area (Å²) in [6.07, 6.45) is 1.85. The second-order valence-corrected chi connectivity index (χ2v) is 4.83. The van der Waals surface area contributed by atoms with Crippen molar-refractivity contribution in [3.05, 3.63) is 39.6 Å². The molecule has 0 aliphatic heterocycles. The van der Waals surface area contributed by atoms with Crippen LogP contribution in [0.3, 0.4) is 0 Å². The van der Waals surface area contributed by atoms with Crippen LogP contribution in [0.25, 0.3) is 0 Å². The quantitative estimate of drug-likeness (QED) is 0.930. The van der Waals surface area contributed by atoms with Crippen molar-refractivity contribution in [1.29, 1.82) is 0 Å². The molecule has 1 N–H and O–H groups in total. The van der Waals surface area contributed by atoms with Gasteiger partial charge in [0.1, 0.15) is 0 Å². The average Bonchev–Trinajstić information content (AvgIpc) is 2.78. The maximum absolute atomic E-state index is 12.7. The van der Waals surface area contributed by atoms with Gasteiger partial charge in [0.05, 0.1) is 11.9 Å². The Bertz CT molecular complexity index is 461. The van der Waals surface area contributed by atoms with Crippen LogP contribution in [0, 0.1) is 12.1 Å². The predicted octanol–water partition coefficient (Wildman–Crippen LogP) is 2.64. The van der Waals surface area contributed by atoms with Gasteiger partial charge in [0.25, 0.3) is 0 Å². The molecule has 94 valence electrons. The normalized spacial score (nSPS) is 10.3. The number of hydrogen-bond acceptors (Lipinski definition) is 3. The van der Waals surface area contributed by atoms with Gasteiger partial charge in [-0.1, -0.05) is 0 Å². The highest BCUT2D eigenvalue weighted by Gasteiger charge is 2.04. The number of nitrogens with zero attached hydrogens (tertiary/aromatic N) is 2. The molecular formula is C11H15ClFN3S. The lowest BCUT2D eigenvalue weighted by Gasteiger charge is -2.05. The fourth-order valence-electron chi connectivity index (χ4n) is 1.58. The monoisotopic (exact) mass is 275 g/mol. The summed E-state index contributed by atoms with van der Waals surface area (Å²) >= 11 is 1.18. The third-order valence-electron chi connectivity index (χ3n) is 2.49. The molecule has 0 unspecified atom stereocenters.